The van der Waals surface area contributed by atoms with E-state index in [0.29, 0.717) is 19.4 Å². The standard InChI is InChI=1S/C25H25FN2O2/c26-20-8-4-7-19(17-20)18-21-9-5-12-23(27-21)24-13-6-15-28(24)25(29)14-16-30-22-10-2-1-3-11-22/h1-5,7-12,17,24H,6,13-16,18H2/t24-/m0/s1. The van der Waals surface area contributed by atoms with Gasteiger partial charge in [0.2, 0.25) is 5.91 Å². The van der Waals surface area contributed by atoms with Gasteiger partial charge in [-0.15, -0.1) is 0 Å². The Morgan fingerprint density at radius 1 is 1.07 bits per heavy atom. The van der Waals surface area contributed by atoms with Crippen molar-refractivity contribution in [1.29, 1.82) is 0 Å². The number of carbonyl (C=O) groups is 1. The Labute approximate surface area is 176 Å². The Balaban J connectivity index is 1.39. The van der Waals surface area contributed by atoms with Crippen LogP contribution in [0.4, 0.5) is 4.39 Å². The number of para-hydroxylation sites is 1. The van der Waals surface area contributed by atoms with Gasteiger partial charge in [0, 0.05) is 18.7 Å². The zero-order valence-electron chi connectivity index (χ0n) is 16.8. The largest absolute Gasteiger partial charge is 0.493 e. The molecule has 1 fully saturated rings. The maximum absolute atomic E-state index is 13.5. The summed E-state index contributed by atoms with van der Waals surface area (Å²) < 4.78 is 19.1. The summed E-state index contributed by atoms with van der Waals surface area (Å²) in [6.45, 7) is 1.10. The lowest BCUT2D eigenvalue weighted by molar-refractivity contribution is -0.132. The van der Waals surface area contributed by atoms with Crippen molar-refractivity contribution in [3.8, 4) is 5.75 Å². The summed E-state index contributed by atoms with van der Waals surface area (Å²) in [7, 11) is 0. The first-order chi connectivity index (χ1) is 14.7. The highest BCUT2D eigenvalue weighted by Crippen LogP contribution is 2.31. The Hall–Kier alpha value is -3.21. The molecule has 30 heavy (non-hydrogen) atoms. The molecule has 4 rings (SSSR count). The van der Waals surface area contributed by atoms with Crippen LogP contribution in [0.2, 0.25) is 0 Å². The van der Waals surface area contributed by atoms with Crippen LogP contribution in [-0.2, 0) is 11.2 Å². The number of halogens is 1. The first kappa shape index (κ1) is 20.1. The Morgan fingerprint density at radius 3 is 2.73 bits per heavy atom. The van der Waals surface area contributed by atoms with Crippen LogP contribution < -0.4 is 4.74 Å². The fourth-order valence-electron chi connectivity index (χ4n) is 3.93. The number of hydrogen-bond donors (Lipinski definition) is 0. The van der Waals surface area contributed by atoms with Crippen molar-refractivity contribution < 1.29 is 13.9 Å². The number of amides is 1. The van der Waals surface area contributed by atoms with Crippen molar-refractivity contribution in [2.24, 2.45) is 0 Å². The van der Waals surface area contributed by atoms with Crippen molar-refractivity contribution in [2.45, 2.75) is 31.7 Å². The number of ether oxygens (including phenoxy) is 1. The van der Waals surface area contributed by atoms with Crippen molar-refractivity contribution in [3.05, 3.63) is 95.6 Å². The molecule has 0 N–H and O–H groups in total. The fourth-order valence-corrected chi connectivity index (χ4v) is 3.93. The van der Waals surface area contributed by atoms with Gasteiger partial charge in [0.25, 0.3) is 0 Å². The van der Waals surface area contributed by atoms with Gasteiger partial charge in [-0.05, 0) is 54.8 Å². The molecule has 5 heteroatoms. The molecule has 1 aromatic heterocycles. The summed E-state index contributed by atoms with van der Waals surface area (Å²) in [5.41, 5.74) is 2.67. The molecule has 0 unspecified atom stereocenters. The fraction of sp³-hybridized carbons (Fsp3) is 0.280. The van der Waals surface area contributed by atoms with Gasteiger partial charge in [0.15, 0.2) is 0 Å². The monoisotopic (exact) mass is 404 g/mol. The molecule has 2 aromatic carbocycles. The van der Waals surface area contributed by atoms with Crippen LogP contribution in [0, 0.1) is 5.82 Å². The molecule has 1 atom stereocenters. The molecule has 2 heterocycles. The summed E-state index contributed by atoms with van der Waals surface area (Å²) in [4.78, 5) is 19.5. The van der Waals surface area contributed by atoms with E-state index in [1.807, 2.05) is 59.5 Å². The average Bonchev–Trinajstić information content (AvgIpc) is 3.25. The number of benzene rings is 2. The molecular formula is C25H25FN2O2. The van der Waals surface area contributed by atoms with Crippen LogP contribution in [0.25, 0.3) is 0 Å². The second kappa shape index (κ2) is 9.53. The first-order valence-electron chi connectivity index (χ1n) is 10.4. The van der Waals surface area contributed by atoms with Crippen molar-refractivity contribution >= 4 is 5.91 Å². The number of pyridine rings is 1. The minimum absolute atomic E-state index is 0.0123. The third kappa shape index (κ3) is 5.03. The molecule has 3 aromatic rings. The first-order valence-corrected chi connectivity index (χ1v) is 10.4. The lowest BCUT2D eigenvalue weighted by Crippen LogP contribution is -2.32. The average molecular weight is 404 g/mol. The topological polar surface area (TPSA) is 42.4 Å². The Bertz CT molecular complexity index is 993. The van der Waals surface area contributed by atoms with E-state index in [9.17, 15) is 9.18 Å². The highest BCUT2D eigenvalue weighted by Gasteiger charge is 2.30. The second-order valence-electron chi connectivity index (χ2n) is 7.52. The van der Waals surface area contributed by atoms with Gasteiger partial charge in [-0.2, -0.15) is 0 Å². The van der Waals surface area contributed by atoms with Crippen LogP contribution in [0.3, 0.4) is 0 Å². The molecule has 0 saturated carbocycles. The predicted molar refractivity (Wildman–Crippen MR) is 114 cm³/mol. The third-order valence-corrected chi connectivity index (χ3v) is 5.34. The van der Waals surface area contributed by atoms with Crippen LogP contribution in [-0.4, -0.2) is 28.9 Å². The molecule has 1 saturated heterocycles. The van der Waals surface area contributed by atoms with E-state index >= 15 is 0 Å². The number of nitrogens with zero attached hydrogens (tertiary/aromatic N) is 2. The minimum Gasteiger partial charge on any atom is -0.493 e. The molecule has 154 valence electrons. The molecule has 0 bridgehead atoms. The van der Waals surface area contributed by atoms with E-state index in [1.54, 1.807) is 6.07 Å². The van der Waals surface area contributed by atoms with E-state index < -0.39 is 0 Å². The number of likely N-dealkylation sites (tertiary alicyclic amines) is 1. The Kier molecular flexibility index (Phi) is 6.38. The van der Waals surface area contributed by atoms with Gasteiger partial charge in [-0.25, -0.2) is 4.39 Å². The van der Waals surface area contributed by atoms with Gasteiger partial charge in [0.05, 0.1) is 24.8 Å². The third-order valence-electron chi connectivity index (χ3n) is 5.34. The number of carbonyl (C=O) groups excluding carboxylic acids is 1. The molecule has 0 radical (unpaired) electrons. The molecule has 1 amide bonds. The molecule has 0 aliphatic carbocycles. The molecule has 1 aliphatic rings. The zero-order valence-corrected chi connectivity index (χ0v) is 16.8. The lowest BCUT2D eigenvalue weighted by Gasteiger charge is -2.25. The summed E-state index contributed by atoms with van der Waals surface area (Å²) in [5, 5.41) is 0. The molecule has 0 spiro atoms. The SMILES string of the molecule is O=C(CCOc1ccccc1)N1CCC[C@H]1c1cccc(Cc2cccc(F)c2)n1. The molecular weight excluding hydrogens is 379 g/mol. The number of aromatic nitrogens is 1. The maximum atomic E-state index is 13.5. The summed E-state index contributed by atoms with van der Waals surface area (Å²) in [5.74, 6) is 0.620. The highest BCUT2D eigenvalue weighted by atomic mass is 19.1. The zero-order chi connectivity index (χ0) is 20.8. The van der Waals surface area contributed by atoms with Gasteiger partial charge in [0.1, 0.15) is 11.6 Å². The minimum atomic E-state index is -0.242. The molecule has 4 nitrogen and oxygen atoms in total. The van der Waals surface area contributed by atoms with Crippen molar-refractivity contribution in [3.63, 3.8) is 0 Å². The van der Waals surface area contributed by atoms with E-state index in [-0.39, 0.29) is 17.8 Å². The van der Waals surface area contributed by atoms with Gasteiger partial charge >= 0.3 is 0 Å². The van der Waals surface area contributed by atoms with Gasteiger partial charge in [-0.1, -0.05) is 36.4 Å². The van der Waals surface area contributed by atoms with Crippen LogP contribution in [0.5, 0.6) is 5.75 Å². The Morgan fingerprint density at radius 2 is 1.90 bits per heavy atom. The van der Waals surface area contributed by atoms with E-state index in [2.05, 4.69) is 0 Å². The van der Waals surface area contributed by atoms with E-state index in [4.69, 9.17) is 9.72 Å². The summed E-state index contributed by atoms with van der Waals surface area (Å²) >= 11 is 0. The van der Waals surface area contributed by atoms with Crippen LogP contribution in [0.1, 0.15) is 42.3 Å². The summed E-state index contributed by atoms with van der Waals surface area (Å²) in [6, 6.07) is 22.0. The van der Waals surface area contributed by atoms with Gasteiger partial charge in [-0.3, -0.25) is 9.78 Å². The lowest BCUT2D eigenvalue weighted by atomic mass is 10.1. The van der Waals surface area contributed by atoms with Crippen LogP contribution in [0.15, 0.2) is 72.8 Å². The summed E-state index contributed by atoms with van der Waals surface area (Å²) in [6.07, 6.45) is 2.78. The quantitative estimate of drug-likeness (QED) is 0.560. The number of rotatable bonds is 7. The normalized spacial score (nSPS) is 15.9. The molecule has 1 aliphatic heterocycles. The second-order valence-corrected chi connectivity index (χ2v) is 7.52. The van der Waals surface area contributed by atoms with Crippen LogP contribution >= 0.6 is 0 Å². The van der Waals surface area contributed by atoms with Crippen molar-refractivity contribution in [2.75, 3.05) is 13.2 Å². The van der Waals surface area contributed by atoms with Gasteiger partial charge < -0.3 is 9.64 Å². The maximum Gasteiger partial charge on any atom is 0.226 e. The number of hydrogen-bond acceptors (Lipinski definition) is 3. The van der Waals surface area contributed by atoms with Crippen molar-refractivity contribution in [1.82, 2.24) is 9.88 Å². The highest BCUT2D eigenvalue weighted by molar-refractivity contribution is 5.77. The predicted octanol–water partition coefficient (Wildman–Crippen LogP) is 4.94. The smallest absolute Gasteiger partial charge is 0.226 e. The van der Waals surface area contributed by atoms with E-state index in [0.717, 1.165) is 42.1 Å². The van der Waals surface area contributed by atoms with E-state index in [1.165, 1.54) is 12.1 Å².